The monoisotopic (exact) mass is 349 g/mol. The highest BCUT2D eigenvalue weighted by atomic mass is 15.0. The third-order valence-corrected chi connectivity index (χ3v) is 5.02. The Bertz CT molecular complexity index is 851. The van der Waals surface area contributed by atoms with Crippen molar-refractivity contribution in [1.29, 1.82) is 0 Å². The van der Waals surface area contributed by atoms with E-state index in [-0.39, 0.29) is 0 Å². The van der Waals surface area contributed by atoms with Crippen molar-refractivity contribution in [3.63, 3.8) is 0 Å². The normalized spacial score (nSPS) is 11.3. The van der Waals surface area contributed by atoms with Crippen molar-refractivity contribution in [3.8, 4) is 0 Å². The van der Waals surface area contributed by atoms with Gasteiger partial charge in [0.1, 0.15) is 0 Å². The zero-order chi connectivity index (χ0) is 18.4. The molecule has 0 unspecified atom stereocenters. The van der Waals surface area contributed by atoms with Crippen molar-refractivity contribution in [1.82, 2.24) is 5.32 Å². The average molecular weight is 349 g/mol. The summed E-state index contributed by atoms with van der Waals surface area (Å²) in [6.07, 6.45) is 0. The van der Waals surface area contributed by atoms with E-state index in [2.05, 4.69) is 127 Å². The van der Waals surface area contributed by atoms with Crippen LogP contribution in [0, 0.1) is 0 Å². The molecule has 4 aromatic rings. The molecular formula is C26H23N. The van der Waals surface area contributed by atoms with Gasteiger partial charge in [-0.15, -0.1) is 0 Å². The maximum absolute atomic E-state index is 3.90. The van der Waals surface area contributed by atoms with Crippen LogP contribution < -0.4 is 5.32 Å². The van der Waals surface area contributed by atoms with E-state index in [0.717, 1.165) is 6.54 Å². The molecule has 0 radical (unpaired) electrons. The van der Waals surface area contributed by atoms with Crippen LogP contribution in [0.25, 0.3) is 0 Å². The van der Waals surface area contributed by atoms with Crippen molar-refractivity contribution in [3.05, 3.63) is 144 Å². The van der Waals surface area contributed by atoms with Gasteiger partial charge in [-0.1, -0.05) is 121 Å². The number of nitrogens with one attached hydrogen (secondary N) is 1. The summed E-state index contributed by atoms with van der Waals surface area (Å²) in [5.41, 5.74) is 4.55. The molecule has 0 fully saturated rings. The summed E-state index contributed by atoms with van der Waals surface area (Å²) in [4.78, 5) is 0. The van der Waals surface area contributed by atoms with E-state index < -0.39 is 5.54 Å². The summed E-state index contributed by atoms with van der Waals surface area (Å²) in [5.74, 6) is 0. The van der Waals surface area contributed by atoms with Crippen LogP contribution in [0.2, 0.25) is 0 Å². The molecule has 1 N–H and O–H groups in total. The lowest BCUT2D eigenvalue weighted by Gasteiger charge is -2.37. The molecule has 0 aliphatic heterocycles. The predicted octanol–water partition coefficient (Wildman–Crippen LogP) is 5.77. The molecule has 0 saturated heterocycles. The summed E-state index contributed by atoms with van der Waals surface area (Å²) >= 11 is 0. The molecule has 0 amide bonds. The smallest absolute Gasteiger partial charge is 0.0950 e. The van der Waals surface area contributed by atoms with Gasteiger partial charge in [0, 0.05) is 6.54 Å². The van der Waals surface area contributed by atoms with Gasteiger partial charge in [0.2, 0.25) is 0 Å². The third kappa shape index (κ3) is 3.55. The van der Waals surface area contributed by atoms with Gasteiger partial charge in [0.25, 0.3) is 0 Å². The topological polar surface area (TPSA) is 12.0 Å². The number of hydrogen-bond donors (Lipinski definition) is 1. The lowest BCUT2D eigenvalue weighted by molar-refractivity contribution is 0.471. The van der Waals surface area contributed by atoms with Crippen molar-refractivity contribution in [2.75, 3.05) is 0 Å². The molecule has 0 saturated carbocycles. The largest absolute Gasteiger partial charge is 0.296 e. The average Bonchev–Trinajstić information content (AvgIpc) is 2.77. The van der Waals surface area contributed by atoms with Gasteiger partial charge >= 0.3 is 0 Å². The van der Waals surface area contributed by atoms with Crippen molar-refractivity contribution < 1.29 is 0 Å². The van der Waals surface area contributed by atoms with E-state index in [9.17, 15) is 0 Å². The molecule has 132 valence electrons. The number of benzene rings is 4. The van der Waals surface area contributed by atoms with Gasteiger partial charge < -0.3 is 0 Å². The Kier molecular flexibility index (Phi) is 5.13. The molecule has 0 aliphatic rings. The van der Waals surface area contributed by atoms with E-state index in [0.29, 0.717) is 0 Å². The van der Waals surface area contributed by atoms with E-state index in [1.165, 1.54) is 22.3 Å². The second-order valence-corrected chi connectivity index (χ2v) is 6.69. The second kappa shape index (κ2) is 8.03. The van der Waals surface area contributed by atoms with E-state index in [1.54, 1.807) is 0 Å². The Morgan fingerprint density at radius 3 is 1.15 bits per heavy atom. The SMILES string of the molecule is c1ccc(CNC(c2ccccc2)(c2ccccc2)c2ccccc2)cc1. The van der Waals surface area contributed by atoms with Gasteiger partial charge in [-0.25, -0.2) is 0 Å². The molecule has 0 heterocycles. The molecule has 1 heteroatoms. The zero-order valence-electron chi connectivity index (χ0n) is 15.3. The van der Waals surface area contributed by atoms with Gasteiger partial charge in [0.05, 0.1) is 5.54 Å². The molecule has 1 nitrogen and oxygen atoms in total. The van der Waals surface area contributed by atoms with Gasteiger partial charge in [0.15, 0.2) is 0 Å². The van der Waals surface area contributed by atoms with Crippen LogP contribution in [0.1, 0.15) is 22.3 Å². The van der Waals surface area contributed by atoms with E-state index >= 15 is 0 Å². The van der Waals surface area contributed by atoms with Gasteiger partial charge in [-0.05, 0) is 22.3 Å². The minimum absolute atomic E-state index is 0.417. The maximum Gasteiger partial charge on any atom is 0.0950 e. The number of rotatable bonds is 6. The van der Waals surface area contributed by atoms with Crippen LogP contribution in [-0.2, 0) is 12.1 Å². The molecule has 4 rings (SSSR count). The standard InChI is InChI=1S/C26H23N/c1-5-13-22(14-6-1)21-27-26(23-15-7-2-8-16-23,24-17-9-3-10-18-24)25-19-11-4-12-20-25/h1-20,27H,21H2. The first kappa shape index (κ1) is 17.3. The molecule has 27 heavy (non-hydrogen) atoms. The first-order valence-corrected chi connectivity index (χ1v) is 9.35. The van der Waals surface area contributed by atoms with Crippen LogP contribution in [-0.4, -0.2) is 0 Å². The summed E-state index contributed by atoms with van der Waals surface area (Å²) in [6.45, 7) is 0.777. The fourth-order valence-electron chi connectivity index (χ4n) is 3.70. The predicted molar refractivity (Wildman–Crippen MR) is 112 cm³/mol. The van der Waals surface area contributed by atoms with Crippen LogP contribution in [0.3, 0.4) is 0 Å². The van der Waals surface area contributed by atoms with Gasteiger partial charge in [-0.3, -0.25) is 5.32 Å². The third-order valence-electron chi connectivity index (χ3n) is 5.02. The molecule has 4 aromatic carbocycles. The Labute approximate surface area is 161 Å². The highest BCUT2D eigenvalue weighted by Gasteiger charge is 2.35. The summed E-state index contributed by atoms with van der Waals surface area (Å²) in [5, 5.41) is 3.90. The first-order chi connectivity index (χ1) is 13.4. The van der Waals surface area contributed by atoms with Crippen molar-refractivity contribution in [2.24, 2.45) is 0 Å². The van der Waals surface area contributed by atoms with Gasteiger partial charge in [-0.2, -0.15) is 0 Å². The summed E-state index contributed by atoms with van der Waals surface area (Å²) < 4.78 is 0. The van der Waals surface area contributed by atoms with Crippen molar-refractivity contribution >= 4 is 0 Å². The minimum Gasteiger partial charge on any atom is -0.296 e. The number of hydrogen-bond acceptors (Lipinski definition) is 1. The molecule has 0 aromatic heterocycles. The zero-order valence-corrected chi connectivity index (χ0v) is 15.3. The molecule has 0 bridgehead atoms. The van der Waals surface area contributed by atoms with Crippen LogP contribution in [0.5, 0.6) is 0 Å². The van der Waals surface area contributed by atoms with Crippen LogP contribution >= 0.6 is 0 Å². The Morgan fingerprint density at radius 2 is 0.778 bits per heavy atom. The Hall–Kier alpha value is -3.16. The van der Waals surface area contributed by atoms with Crippen molar-refractivity contribution in [2.45, 2.75) is 12.1 Å². The first-order valence-electron chi connectivity index (χ1n) is 9.35. The molecule has 0 aliphatic carbocycles. The fourth-order valence-corrected chi connectivity index (χ4v) is 3.70. The summed E-state index contributed by atoms with van der Waals surface area (Å²) in [6, 6.07) is 42.7. The maximum atomic E-state index is 3.90. The highest BCUT2D eigenvalue weighted by molar-refractivity contribution is 5.49. The van der Waals surface area contributed by atoms with Crippen LogP contribution in [0.15, 0.2) is 121 Å². The highest BCUT2D eigenvalue weighted by Crippen LogP contribution is 2.37. The molecule has 0 spiro atoms. The summed E-state index contributed by atoms with van der Waals surface area (Å²) in [7, 11) is 0. The Balaban J connectivity index is 1.89. The minimum atomic E-state index is -0.417. The quantitative estimate of drug-likeness (QED) is 0.436. The molecule has 0 atom stereocenters. The Morgan fingerprint density at radius 1 is 0.444 bits per heavy atom. The lowest BCUT2D eigenvalue weighted by atomic mass is 9.77. The fraction of sp³-hybridized carbons (Fsp3) is 0.0769. The van der Waals surface area contributed by atoms with Crippen LogP contribution in [0.4, 0.5) is 0 Å². The van der Waals surface area contributed by atoms with E-state index in [4.69, 9.17) is 0 Å². The molecular weight excluding hydrogens is 326 g/mol. The van der Waals surface area contributed by atoms with E-state index in [1.807, 2.05) is 0 Å². The second-order valence-electron chi connectivity index (χ2n) is 6.69. The lowest BCUT2D eigenvalue weighted by Crippen LogP contribution is -2.44.